The first-order valence-electron chi connectivity index (χ1n) is 13.6. The van der Waals surface area contributed by atoms with Crippen molar-refractivity contribution in [2.24, 2.45) is 0 Å². The zero-order chi connectivity index (χ0) is 28.4. The van der Waals surface area contributed by atoms with Crippen molar-refractivity contribution in [2.75, 3.05) is 55.9 Å². The fourth-order valence-electron chi connectivity index (χ4n) is 5.34. The van der Waals surface area contributed by atoms with Gasteiger partial charge in [-0.3, -0.25) is 0 Å². The van der Waals surface area contributed by atoms with Crippen LogP contribution in [0.5, 0.6) is 5.75 Å². The Morgan fingerprint density at radius 2 is 1.88 bits per heavy atom. The Balaban J connectivity index is 1.45. The van der Waals surface area contributed by atoms with Gasteiger partial charge in [-0.05, 0) is 82.6 Å². The van der Waals surface area contributed by atoms with Crippen LogP contribution in [0.1, 0.15) is 38.2 Å². The van der Waals surface area contributed by atoms with Gasteiger partial charge >= 0.3 is 6.03 Å². The topological polar surface area (TPSA) is 94.7 Å². The average Bonchev–Trinajstić information content (AvgIpc) is 2.94. The number of amides is 2. The van der Waals surface area contributed by atoms with Gasteiger partial charge in [0.05, 0.1) is 18.4 Å². The van der Waals surface area contributed by atoms with Gasteiger partial charge in [0.25, 0.3) is 0 Å². The summed E-state index contributed by atoms with van der Waals surface area (Å²) in [6, 6.07) is 8.44. The molecular weight excluding hydrogens is 516 g/mol. The summed E-state index contributed by atoms with van der Waals surface area (Å²) in [5.41, 5.74) is 3.20. The lowest BCUT2D eigenvalue weighted by Crippen LogP contribution is -2.38. The second-order valence-electron chi connectivity index (χ2n) is 10.5. The number of halogens is 2. The lowest BCUT2D eigenvalue weighted by molar-refractivity contribution is 0.253. The van der Waals surface area contributed by atoms with Crippen LogP contribution in [0.2, 0.25) is 0 Å². The Bertz CT molecular complexity index is 1390. The third-order valence-electron chi connectivity index (χ3n) is 7.50. The van der Waals surface area contributed by atoms with Crippen molar-refractivity contribution in [3.05, 3.63) is 53.7 Å². The number of carbonyl (C=O) groups excluding carboxylic acids is 1. The number of anilines is 4. The van der Waals surface area contributed by atoms with Crippen LogP contribution in [-0.4, -0.2) is 67.3 Å². The molecule has 3 N–H and O–H groups in total. The number of fused-ring (bicyclic) bond motifs is 1. The minimum atomic E-state index is -0.669. The van der Waals surface area contributed by atoms with Gasteiger partial charge in [0.15, 0.2) is 17.4 Å². The molecule has 0 spiro atoms. The van der Waals surface area contributed by atoms with E-state index in [2.05, 4.69) is 37.9 Å². The molecule has 212 valence electrons. The lowest BCUT2D eigenvalue weighted by Gasteiger charge is -2.34. The van der Waals surface area contributed by atoms with E-state index < -0.39 is 11.6 Å². The second-order valence-corrected chi connectivity index (χ2v) is 10.5. The number of aromatic nitrogens is 2. The molecule has 0 unspecified atom stereocenters. The van der Waals surface area contributed by atoms with Crippen molar-refractivity contribution in [3.8, 4) is 17.0 Å². The summed E-state index contributed by atoms with van der Waals surface area (Å²) in [5.74, 6) is -0.613. The maximum absolute atomic E-state index is 15.0. The number of likely N-dealkylation sites (tertiary alicyclic amines) is 1. The molecule has 0 atom stereocenters. The Hall–Kier alpha value is -3.99. The van der Waals surface area contributed by atoms with E-state index in [1.807, 2.05) is 36.9 Å². The van der Waals surface area contributed by atoms with E-state index in [4.69, 9.17) is 4.74 Å². The maximum Gasteiger partial charge on any atom is 0.318 e. The molecule has 5 rings (SSSR count). The number of benzene rings is 2. The van der Waals surface area contributed by atoms with Crippen LogP contribution < -0.4 is 25.6 Å². The second kappa shape index (κ2) is 11.6. The number of urea groups is 1. The number of hydrogen-bond acceptors (Lipinski definition) is 7. The molecule has 1 fully saturated rings. The van der Waals surface area contributed by atoms with E-state index in [-0.39, 0.29) is 35.0 Å². The zero-order valence-corrected chi connectivity index (χ0v) is 23.2. The highest BCUT2D eigenvalue weighted by molar-refractivity contribution is 5.91. The number of nitrogens with zero attached hydrogens (tertiary/aromatic N) is 4. The number of hydrogen-bond donors (Lipinski definition) is 3. The molecule has 9 nitrogen and oxygen atoms in total. The molecule has 0 bridgehead atoms. The summed E-state index contributed by atoms with van der Waals surface area (Å²) < 4.78 is 35.6. The molecule has 40 heavy (non-hydrogen) atoms. The van der Waals surface area contributed by atoms with Gasteiger partial charge in [-0.15, -0.1) is 0 Å². The zero-order valence-electron chi connectivity index (χ0n) is 23.2. The summed E-state index contributed by atoms with van der Waals surface area (Å²) in [7, 11) is 3.67. The fourth-order valence-corrected chi connectivity index (χ4v) is 5.34. The van der Waals surface area contributed by atoms with E-state index in [9.17, 15) is 9.18 Å². The normalized spacial score (nSPS) is 15.9. The average molecular weight is 552 g/mol. The van der Waals surface area contributed by atoms with Crippen molar-refractivity contribution in [1.29, 1.82) is 0 Å². The molecule has 2 aliphatic heterocycles. The fraction of sp³-hybridized carbons (Fsp3) is 0.414. The quantitative estimate of drug-likeness (QED) is 0.381. The number of ether oxygens (including phenoxy) is 1. The predicted octanol–water partition coefficient (Wildman–Crippen LogP) is 5.33. The third-order valence-corrected chi connectivity index (χ3v) is 7.50. The minimum Gasteiger partial charge on any atom is -0.486 e. The molecule has 2 amide bonds. The van der Waals surface area contributed by atoms with Crippen molar-refractivity contribution in [1.82, 2.24) is 20.2 Å². The Morgan fingerprint density at radius 3 is 2.60 bits per heavy atom. The Morgan fingerprint density at radius 1 is 1.10 bits per heavy atom. The summed E-state index contributed by atoms with van der Waals surface area (Å²) in [4.78, 5) is 25.0. The molecule has 3 aromatic rings. The minimum absolute atomic E-state index is 0.0277. The molecule has 2 aliphatic rings. The smallest absolute Gasteiger partial charge is 0.318 e. The van der Waals surface area contributed by atoms with E-state index in [1.165, 1.54) is 6.07 Å². The summed E-state index contributed by atoms with van der Waals surface area (Å²) in [6.07, 6.45) is 3.05. The Labute approximate surface area is 232 Å². The van der Waals surface area contributed by atoms with Crippen molar-refractivity contribution >= 4 is 29.0 Å². The van der Waals surface area contributed by atoms with E-state index in [0.717, 1.165) is 37.7 Å². The first-order valence-corrected chi connectivity index (χ1v) is 13.6. The van der Waals surface area contributed by atoms with Gasteiger partial charge in [-0.25, -0.2) is 23.5 Å². The van der Waals surface area contributed by atoms with E-state index in [0.29, 0.717) is 36.1 Å². The van der Waals surface area contributed by atoms with E-state index >= 15 is 4.39 Å². The first-order chi connectivity index (χ1) is 19.2. The number of carbonyl (C=O) groups is 1. The van der Waals surface area contributed by atoms with E-state index in [1.54, 1.807) is 13.1 Å². The predicted molar refractivity (Wildman–Crippen MR) is 153 cm³/mol. The van der Waals surface area contributed by atoms with Gasteiger partial charge in [0.1, 0.15) is 12.3 Å². The van der Waals surface area contributed by atoms with Gasteiger partial charge in [-0.2, -0.15) is 0 Å². The largest absolute Gasteiger partial charge is 0.486 e. The van der Waals surface area contributed by atoms with Crippen molar-refractivity contribution < 1.29 is 18.3 Å². The summed E-state index contributed by atoms with van der Waals surface area (Å²) in [6.45, 7) is 6.98. The van der Waals surface area contributed by atoms with Gasteiger partial charge in [0.2, 0.25) is 5.95 Å². The van der Waals surface area contributed by atoms with Crippen LogP contribution >= 0.6 is 0 Å². The van der Waals surface area contributed by atoms with Crippen LogP contribution in [0.25, 0.3) is 11.3 Å². The van der Waals surface area contributed by atoms with Crippen LogP contribution in [0.4, 0.5) is 36.6 Å². The summed E-state index contributed by atoms with van der Waals surface area (Å²) in [5, 5.41) is 8.64. The molecule has 11 heteroatoms. The molecule has 0 saturated carbocycles. The summed E-state index contributed by atoms with van der Waals surface area (Å²) >= 11 is 0. The highest BCUT2D eigenvalue weighted by Crippen LogP contribution is 2.40. The molecule has 1 saturated heterocycles. The number of nitrogens with one attached hydrogen (secondary N) is 3. The lowest BCUT2D eigenvalue weighted by atomic mass is 9.88. The highest BCUT2D eigenvalue weighted by atomic mass is 19.1. The van der Waals surface area contributed by atoms with Crippen LogP contribution in [0, 0.1) is 11.6 Å². The van der Waals surface area contributed by atoms with Gasteiger partial charge in [-0.1, -0.05) is 6.07 Å². The van der Waals surface area contributed by atoms with Crippen LogP contribution in [0.15, 0.2) is 36.5 Å². The van der Waals surface area contributed by atoms with Crippen molar-refractivity contribution in [3.63, 3.8) is 0 Å². The third kappa shape index (κ3) is 5.79. The van der Waals surface area contributed by atoms with Crippen molar-refractivity contribution in [2.45, 2.75) is 38.6 Å². The SMILES string of the molecule is CNC(=O)Nc1cc(Nc2ncc(F)c(-c3cc(F)c4c(c3)N(C(C)C)CCO4)n2)ccc1C1CCN(C)CC1. The monoisotopic (exact) mass is 551 g/mol. The maximum atomic E-state index is 15.0. The number of rotatable bonds is 6. The van der Waals surface area contributed by atoms with Gasteiger partial charge < -0.3 is 30.5 Å². The highest BCUT2D eigenvalue weighted by Gasteiger charge is 2.26. The molecule has 0 aliphatic carbocycles. The van der Waals surface area contributed by atoms with Crippen LogP contribution in [-0.2, 0) is 0 Å². The molecular formula is C29H35F2N7O2. The first kappa shape index (κ1) is 27.6. The standard InChI is InChI=1S/C29H35F2N7O2/c1-17(2)38-11-12-40-27-22(30)13-19(14-25(27)38)26-23(31)16-33-28(36-26)34-20-5-6-21(18-7-9-37(4)10-8-18)24(15-20)35-29(39)32-3/h5-6,13-18H,7-12H2,1-4H3,(H2,32,35,39)(H,33,34,36). The van der Waals surface area contributed by atoms with Gasteiger partial charge in [0, 0.05) is 30.0 Å². The molecule has 2 aromatic carbocycles. The van der Waals surface area contributed by atoms with Crippen LogP contribution in [0.3, 0.4) is 0 Å². The molecule has 1 aromatic heterocycles. The molecule has 0 radical (unpaired) electrons. The Kier molecular flexibility index (Phi) is 8.02. The molecule has 3 heterocycles. The number of piperidine rings is 1.